The summed E-state index contributed by atoms with van der Waals surface area (Å²) in [4.78, 5) is 36.4. The monoisotopic (exact) mass is 410 g/mol. The van der Waals surface area contributed by atoms with Crippen LogP contribution in [0.1, 0.15) is 53.4 Å². The van der Waals surface area contributed by atoms with Crippen molar-refractivity contribution >= 4 is 17.9 Å². The molecule has 5 atom stereocenters. The van der Waals surface area contributed by atoms with Crippen LogP contribution in [0.4, 0.5) is 0 Å². The van der Waals surface area contributed by atoms with Crippen LogP contribution < -0.4 is 0 Å². The molecule has 2 saturated heterocycles. The van der Waals surface area contributed by atoms with Crippen LogP contribution in [0.2, 0.25) is 0 Å². The van der Waals surface area contributed by atoms with Gasteiger partial charge in [0.15, 0.2) is 6.29 Å². The van der Waals surface area contributed by atoms with E-state index in [0.29, 0.717) is 12.0 Å². The Morgan fingerprint density at radius 3 is 2.52 bits per heavy atom. The molecule has 2 rings (SSSR count). The summed E-state index contributed by atoms with van der Waals surface area (Å²) in [5, 5.41) is 10.0. The first kappa shape index (κ1) is 23.1. The van der Waals surface area contributed by atoms with E-state index in [1.807, 2.05) is 0 Å². The van der Waals surface area contributed by atoms with Crippen molar-refractivity contribution in [1.82, 2.24) is 0 Å². The highest BCUT2D eigenvalue weighted by Gasteiger charge is 2.54. The average molecular weight is 410 g/mol. The second-order valence-corrected chi connectivity index (χ2v) is 8.19. The van der Waals surface area contributed by atoms with Gasteiger partial charge in [0.1, 0.15) is 23.2 Å². The van der Waals surface area contributed by atoms with E-state index in [-0.39, 0.29) is 31.4 Å². The van der Waals surface area contributed by atoms with Crippen LogP contribution in [-0.2, 0) is 33.3 Å². The molecule has 0 bridgehead atoms. The second kappa shape index (κ2) is 8.67. The first-order valence-corrected chi connectivity index (χ1v) is 9.66. The maximum Gasteiger partial charge on any atom is 0.333 e. The minimum absolute atomic E-state index is 0.0281. The minimum Gasteiger partial charge on any atom is -0.465 e. The van der Waals surface area contributed by atoms with Crippen LogP contribution in [0.5, 0.6) is 0 Å². The molecule has 162 valence electrons. The molecule has 0 aliphatic carbocycles. The third-order valence-corrected chi connectivity index (χ3v) is 5.70. The Morgan fingerprint density at radius 1 is 1.34 bits per heavy atom. The van der Waals surface area contributed by atoms with Crippen molar-refractivity contribution < 1.29 is 38.4 Å². The van der Waals surface area contributed by atoms with E-state index in [0.717, 1.165) is 0 Å². The van der Waals surface area contributed by atoms with Gasteiger partial charge in [-0.05, 0) is 46.1 Å². The van der Waals surface area contributed by atoms with Crippen LogP contribution in [0.15, 0.2) is 24.3 Å². The van der Waals surface area contributed by atoms with Crippen LogP contribution in [0, 0.1) is 5.41 Å². The van der Waals surface area contributed by atoms with E-state index in [1.165, 1.54) is 6.92 Å². The highest BCUT2D eigenvalue weighted by molar-refractivity contribution is 5.88. The normalized spacial score (nSPS) is 31.0. The molecule has 2 aliphatic heterocycles. The molecule has 0 amide bonds. The first-order chi connectivity index (χ1) is 13.4. The molecule has 2 fully saturated rings. The van der Waals surface area contributed by atoms with Gasteiger partial charge in [-0.2, -0.15) is 0 Å². The Balaban J connectivity index is 2.16. The number of esters is 3. The Labute approximate surface area is 170 Å². The molecule has 2 aliphatic rings. The zero-order valence-corrected chi connectivity index (χ0v) is 17.5. The fourth-order valence-electron chi connectivity index (χ4n) is 3.70. The number of carbonyl (C=O) groups excluding carboxylic acids is 3. The molecular formula is C21H30O8. The number of ether oxygens (including phenoxy) is 4. The molecule has 8 heteroatoms. The highest BCUT2D eigenvalue weighted by Crippen LogP contribution is 2.43. The highest BCUT2D eigenvalue weighted by atomic mass is 16.6. The predicted molar refractivity (Wildman–Crippen MR) is 102 cm³/mol. The van der Waals surface area contributed by atoms with Gasteiger partial charge in [-0.3, -0.25) is 9.59 Å². The summed E-state index contributed by atoms with van der Waals surface area (Å²) in [7, 11) is 0. The Morgan fingerprint density at radius 2 is 2.00 bits per heavy atom. The Hall–Kier alpha value is -2.19. The van der Waals surface area contributed by atoms with Crippen molar-refractivity contribution in [2.75, 3.05) is 6.61 Å². The number of hydrogen-bond acceptors (Lipinski definition) is 8. The van der Waals surface area contributed by atoms with Crippen LogP contribution >= 0.6 is 0 Å². The summed E-state index contributed by atoms with van der Waals surface area (Å²) in [6.45, 7) is 13.9. The van der Waals surface area contributed by atoms with Crippen LogP contribution in [0.3, 0.4) is 0 Å². The van der Waals surface area contributed by atoms with Gasteiger partial charge in [0.25, 0.3) is 0 Å². The van der Waals surface area contributed by atoms with E-state index < -0.39 is 47.4 Å². The Bertz CT molecular complexity index is 713. The minimum atomic E-state index is -1.24. The summed E-state index contributed by atoms with van der Waals surface area (Å²) in [6.07, 6.45) is -1.78. The number of hydrogen-bond donors (Lipinski definition) is 1. The summed E-state index contributed by atoms with van der Waals surface area (Å²) in [5.74, 6) is -1.48. The molecule has 0 aromatic carbocycles. The third-order valence-electron chi connectivity index (χ3n) is 5.70. The van der Waals surface area contributed by atoms with Crippen molar-refractivity contribution in [3.05, 3.63) is 24.3 Å². The molecule has 0 aromatic rings. The average Bonchev–Trinajstić information content (AvgIpc) is 3.12. The fraction of sp³-hybridized carbons (Fsp3) is 0.667. The zero-order chi connectivity index (χ0) is 22.0. The van der Waals surface area contributed by atoms with E-state index in [1.54, 1.807) is 20.8 Å². The summed E-state index contributed by atoms with van der Waals surface area (Å²) >= 11 is 0. The summed E-state index contributed by atoms with van der Waals surface area (Å²) in [6, 6.07) is 0. The number of cyclic esters (lactones) is 2. The maximum atomic E-state index is 12.6. The molecule has 29 heavy (non-hydrogen) atoms. The SMILES string of the molecule is C=C(C)C(=O)OC(C)C1(CCC2OC(=O)CC2(C)OC(O)C(=C)C)CCOC1=O. The summed E-state index contributed by atoms with van der Waals surface area (Å²) in [5.41, 5.74) is -1.48. The van der Waals surface area contributed by atoms with Gasteiger partial charge < -0.3 is 24.1 Å². The molecule has 8 nitrogen and oxygen atoms in total. The Kier molecular flexibility index (Phi) is 6.90. The molecule has 5 unspecified atom stereocenters. The predicted octanol–water partition coefficient (Wildman–Crippen LogP) is 2.19. The van der Waals surface area contributed by atoms with Crippen LogP contribution in [0.25, 0.3) is 0 Å². The molecule has 0 aromatic heterocycles. The van der Waals surface area contributed by atoms with Gasteiger partial charge in [0, 0.05) is 12.0 Å². The first-order valence-electron chi connectivity index (χ1n) is 9.66. The third kappa shape index (κ3) is 4.87. The standard InChI is InChI=1S/C21H30O8/c1-12(2)17(23)27-14(5)21(9-10-26-19(21)25)8-7-15-20(6,11-16(22)28-15)29-18(24)13(3)4/h14-15,18,24H,1,3,7-11H2,2,4-6H3. The topological polar surface area (TPSA) is 108 Å². The van der Waals surface area contributed by atoms with Crippen molar-refractivity contribution in [3.8, 4) is 0 Å². The fourth-order valence-corrected chi connectivity index (χ4v) is 3.70. The summed E-state index contributed by atoms with van der Waals surface area (Å²) < 4.78 is 21.7. The van der Waals surface area contributed by atoms with Gasteiger partial charge in [-0.15, -0.1) is 0 Å². The largest absolute Gasteiger partial charge is 0.465 e. The molecule has 0 radical (unpaired) electrons. The van der Waals surface area contributed by atoms with Crippen LogP contribution in [-0.4, -0.2) is 53.7 Å². The van der Waals surface area contributed by atoms with E-state index in [4.69, 9.17) is 18.9 Å². The lowest BCUT2D eigenvalue weighted by Gasteiger charge is -2.35. The van der Waals surface area contributed by atoms with Crippen molar-refractivity contribution in [2.45, 2.75) is 77.5 Å². The molecule has 2 heterocycles. The second-order valence-electron chi connectivity index (χ2n) is 8.19. The smallest absolute Gasteiger partial charge is 0.333 e. The van der Waals surface area contributed by atoms with Gasteiger partial charge >= 0.3 is 17.9 Å². The maximum absolute atomic E-state index is 12.6. The lowest BCUT2D eigenvalue weighted by atomic mass is 9.75. The van der Waals surface area contributed by atoms with Gasteiger partial charge in [-0.1, -0.05) is 13.2 Å². The van der Waals surface area contributed by atoms with Crippen molar-refractivity contribution in [3.63, 3.8) is 0 Å². The van der Waals surface area contributed by atoms with E-state index in [2.05, 4.69) is 13.2 Å². The van der Waals surface area contributed by atoms with Crippen molar-refractivity contribution in [2.24, 2.45) is 5.41 Å². The van der Waals surface area contributed by atoms with E-state index >= 15 is 0 Å². The number of carbonyl (C=O) groups is 3. The molecule has 1 N–H and O–H groups in total. The van der Waals surface area contributed by atoms with E-state index in [9.17, 15) is 19.5 Å². The lowest BCUT2D eigenvalue weighted by Crippen LogP contribution is -2.45. The molecular weight excluding hydrogens is 380 g/mol. The zero-order valence-electron chi connectivity index (χ0n) is 17.5. The number of aliphatic hydroxyl groups excluding tert-OH is 1. The number of rotatable bonds is 9. The van der Waals surface area contributed by atoms with Gasteiger partial charge in [-0.25, -0.2) is 4.79 Å². The van der Waals surface area contributed by atoms with Crippen molar-refractivity contribution in [1.29, 1.82) is 0 Å². The molecule has 0 saturated carbocycles. The number of aliphatic hydroxyl groups is 1. The molecule has 0 spiro atoms. The quantitative estimate of drug-likeness (QED) is 0.203. The van der Waals surface area contributed by atoms with Gasteiger partial charge in [0.2, 0.25) is 0 Å². The van der Waals surface area contributed by atoms with Gasteiger partial charge in [0.05, 0.1) is 13.0 Å². The lowest BCUT2D eigenvalue weighted by molar-refractivity contribution is -0.183.